The summed E-state index contributed by atoms with van der Waals surface area (Å²) in [6.45, 7) is 4.73. The fourth-order valence-corrected chi connectivity index (χ4v) is 9.17. The zero-order valence-corrected chi connectivity index (χ0v) is 24.8. The molecule has 3 N–H and O–H groups in total. The van der Waals surface area contributed by atoms with Crippen LogP contribution in [0.2, 0.25) is 0 Å². The van der Waals surface area contributed by atoms with E-state index in [1.165, 1.54) is 11.3 Å². The van der Waals surface area contributed by atoms with E-state index in [-0.39, 0.29) is 29.8 Å². The number of piperidine rings is 1. The lowest BCUT2D eigenvalue weighted by Gasteiger charge is -2.31. The molecule has 226 valence electrons. The van der Waals surface area contributed by atoms with Crippen LogP contribution in [0.15, 0.2) is 4.52 Å². The molecule has 6 atom stereocenters. The molecule has 0 amide bonds. The summed E-state index contributed by atoms with van der Waals surface area (Å²) in [6, 6.07) is 2.39. The molecule has 8 rings (SSSR count). The van der Waals surface area contributed by atoms with Crippen molar-refractivity contribution < 1.29 is 18.8 Å². The average molecular weight is 608 g/mol. The number of hydrogen-bond donors (Lipinski definition) is 2. The highest BCUT2D eigenvalue weighted by Gasteiger charge is 2.50. The molecule has 14 heteroatoms. The van der Waals surface area contributed by atoms with Crippen LogP contribution in [-0.4, -0.2) is 85.7 Å². The highest BCUT2D eigenvalue weighted by atomic mass is 32.1. The summed E-state index contributed by atoms with van der Waals surface area (Å²) in [5, 5.41) is 25.3. The van der Waals surface area contributed by atoms with Crippen LogP contribution in [0.5, 0.6) is 6.01 Å². The van der Waals surface area contributed by atoms with Crippen molar-refractivity contribution in [3.05, 3.63) is 21.9 Å². The molecule has 43 heavy (non-hydrogen) atoms. The van der Waals surface area contributed by atoms with Crippen LogP contribution < -0.4 is 15.4 Å². The van der Waals surface area contributed by atoms with Gasteiger partial charge in [-0.1, -0.05) is 5.16 Å². The van der Waals surface area contributed by atoms with Crippen molar-refractivity contribution in [1.82, 2.24) is 30.0 Å². The van der Waals surface area contributed by atoms with Gasteiger partial charge in [0.05, 0.1) is 22.6 Å². The van der Waals surface area contributed by atoms with Gasteiger partial charge in [-0.3, -0.25) is 4.90 Å². The van der Waals surface area contributed by atoms with Crippen molar-refractivity contribution in [2.75, 3.05) is 43.4 Å². The minimum absolute atomic E-state index is 0.117. The number of β-amino-alcohol motifs (C(OH)–C–C–N with tert-alkyl or cyclic N) is 1. The number of nitrogens with zero attached hydrogens (tertiary/aromatic N) is 8. The standard InChI is InChI=1S/C29H34FN9O3S/c1-28(5-2-4-20-21(28)18(10-31)22(32)43-20)25-33-24(37-42-25)23-34-26(38-11-15-8-17(15)19(40)13-38)36-27(35-23)41-14-29-6-3-7-39(29)12-16(30)9-29/h15-17,19,40H,2-9,11-14,32H2,1H3/t15-,16-,17-,19+,28+,29?/m1/s1. The molecule has 3 aromatic rings. The molecule has 1 unspecified atom stereocenters. The summed E-state index contributed by atoms with van der Waals surface area (Å²) in [6.07, 6.45) is 4.47. The monoisotopic (exact) mass is 607 g/mol. The van der Waals surface area contributed by atoms with Gasteiger partial charge in [0.25, 0.3) is 0 Å². The molecular formula is C29H34FN9O3S. The molecule has 0 radical (unpaired) electrons. The summed E-state index contributed by atoms with van der Waals surface area (Å²) < 4.78 is 26.5. The van der Waals surface area contributed by atoms with E-state index in [1.807, 2.05) is 11.8 Å². The van der Waals surface area contributed by atoms with E-state index in [0.717, 1.165) is 62.1 Å². The predicted octanol–water partition coefficient (Wildman–Crippen LogP) is 2.85. The minimum atomic E-state index is -0.866. The van der Waals surface area contributed by atoms with Crippen LogP contribution in [0.1, 0.15) is 67.3 Å². The van der Waals surface area contributed by atoms with Crippen molar-refractivity contribution >= 4 is 22.3 Å². The Bertz CT molecular complexity index is 1620. The van der Waals surface area contributed by atoms with Gasteiger partial charge in [-0.15, -0.1) is 11.3 Å². The van der Waals surface area contributed by atoms with Gasteiger partial charge in [0.15, 0.2) is 0 Å². The van der Waals surface area contributed by atoms with E-state index >= 15 is 0 Å². The molecule has 0 bridgehead atoms. The van der Waals surface area contributed by atoms with Crippen LogP contribution in [0.4, 0.5) is 15.3 Å². The summed E-state index contributed by atoms with van der Waals surface area (Å²) in [4.78, 5) is 24.0. The highest BCUT2D eigenvalue weighted by molar-refractivity contribution is 7.16. The third-order valence-corrected chi connectivity index (χ3v) is 11.4. The van der Waals surface area contributed by atoms with Gasteiger partial charge in [0, 0.05) is 36.5 Å². The van der Waals surface area contributed by atoms with Gasteiger partial charge < -0.3 is 25.0 Å². The summed E-state index contributed by atoms with van der Waals surface area (Å²) in [5.74, 6) is 1.88. The fourth-order valence-electron chi connectivity index (χ4n) is 7.98. The maximum Gasteiger partial charge on any atom is 0.321 e. The quantitative estimate of drug-likeness (QED) is 0.422. The maximum atomic E-state index is 14.4. The molecule has 12 nitrogen and oxygen atoms in total. The van der Waals surface area contributed by atoms with Crippen molar-refractivity contribution in [1.29, 1.82) is 5.26 Å². The van der Waals surface area contributed by atoms with Crippen LogP contribution in [0, 0.1) is 23.2 Å². The lowest BCUT2D eigenvalue weighted by molar-refractivity contribution is 0.107. The number of fused-ring (bicyclic) bond motifs is 3. The number of nitrogens with two attached hydrogens (primary N) is 1. The first-order chi connectivity index (χ1) is 20.8. The Morgan fingerprint density at radius 3 is 2.91 bits per heavy atom. The summed E-state index contributed by atoms with van der Waals surface area (Å²) >= 11 is 1.45. The maximum absolute atomic E-state index is 14.4. The first kappa shape index (κ1) is 27.2. The van der Waals surface area contributed by atoms with E-state index in [0.29, 0.717) is 53.7 Å². The summed E-state index contributed by atoms with van der Waals surface area (Å²) in [5.41, 5.74) is 6.51. The molecule has 3 aliphatic heterocycles. The first-order valence-corrected chi connectivity index (χ1v) is 16.0. The Labute approximate surface area is 252 Å². The Balaban J connectivity index is 1.14. The topological polar surface area (TPSA) is 163 Å². The minimum Gasteiger partial charge on any atom is -0.461 e. The van der Waals surface area contributed by atoms with Crippen molar-refractivity contribution in [3.63, 3.8) is 0 Å². The lowest BCUT2D eigenvalue weighted by atomic mass is 9.72. The molecule has 2 aliphatic carbocycles. The third kappa shape index (κ3) is 4.38. The normalized spacial score (nSPS) is 33.1. The van der Waals surface area contributed by atoms with Gasteiger partial charge in [-0.25, -0.2) is 4.39 Å². The lowest BCUT2D eigenvalue weighted by Crippen LogP contribution is -2.44. The molecule has 0 spiro atoms. The fraction of sp³-hybridized carbons (Fsp3) is 0.655. The average Bonchev–Trinajstić information content (AvgIpc) is 3.27. The number of anilines is 2. The second-order valence-electron chi connectivity index (χ2n) is 13.1. The number of aliphatic hydroxyl groups excluding tert-OH is 1. The third-order valence-electron chi connectivity index (χ3n) is 10.3. The van der Waals surface area contributed by atoms with E-state index in [9.17, 15) is 14.8 Å². The zero-order chi connectivity index (χ0) is 29.5. The molecule has 1 saturated carbocycles. The van der Waals surface area contributed by atoms with Crippen LogP contribution >= 0.6 is 11.3 Å². The van der Waals surface area contributed by atoms with E-state index < -0.39 is 17.7 Å². The van der Waals surface area contributed by atoms with Gasteiger partial charge in [-0.05, 0) is 63.8 Å². The number of thiophene rings is 1. The second-order valence-corrected chi connectivity index (χ2v) is 14.2. The number of hydrogen-bond acceptors (Lipinski definition) is 13. The molecule has 5 aliphatic rings. The van der Waals surface area contributed by atoms with Crippen LogP contribution in [0.3, 0.4) is 0 Å². The molecule has 0 aromatic carbocycles. The van der Waals surface area contributed by atoms with Crippen LogP contribution in [-0.2, 0) is 11.8 Å². The van der Waals surface area contributed by atoms with Gasteiger partial charge in [0.2, 0.25) is 23.5 Å². The number of halogens is 1. The van der Waals surface area contributed by atoms with Gasteiger partial charge in [0.1, 0.15) is 23.8 Å². The zero-order valence-electron chi connectivity index (χ0n) is 24.0. The van der Waals surface area contributed by atoms with Gasteiger partial charge >= 0.3 is 6.01 Å². The largest absolute Gasteiger partial charge is 0.461 e. The Kier molecular flexibility index (Phi) is 6.19. The van der Waals surface area contributed by atoms with Crippen molar-refractivity contribution in [3.8, 4) is 23.7 Å². The predicted molar refractivity (Wildman–Crippen MR) is 154 cm³/mol. The number of ether oxygens (including phenoxy) is 1. The SMILES string of the molecule is C[C@]1(c2nc(-c3nc(OCC45CCCN4C[C@H](F)C5)nc(N4C[C@H]5C[C@H]5[C@@H](O)C4)n3)no2)CCCc2sc(N)c(C#N)c21. The number of rotatable bonds is 6. The number of aliphatic hydroxyl groups is 1. The van der Waals surface area contributed by atoms with Crippen LogP contribution in [0.25, 0.3) is 11.6 Å². The molecule has 6 heterocycles. The van der Waals surface area contributed by atoms with Crippen molar-refractivity contribution in [2.24, 2.45) is 11.8 Å². The Morgan fingerprint density at radius 1 is 1.19 bits per heavy atom. The van der Waals surface area contributed by atoms with Crippen molar-refractivity contribution in [2.45, 2.75) is 75.1 Å². The number of nitriles is 1. The van der Waals surface area contributed by atoms with E-state index in [4.69, 9.17) is 25.0 Å². The molecular weight excluding hydrogens is 573 g/mol. The van der Waals surface area contributed by atoms with E-state index in [2.05, 4.69) is 26.1 Å². The molecule has 3 aromatic heterocycles. The van der Waals surface area contributed by atoms with E-state index in [1.54, 1.807) is 0 Å². The molecule has 4 fully saturated rings. The number of alkyl halides is 1. The number of nitrogen functional groups attached to an aromatic ring is 1. The Morgan fingerprint density at radius 2 is 2.07 bits per heavy atom. The highest BCUT2D eigenvalue weighted by Crippen LogP contribution is 2.49. The van der Waals surface area contributed by atoms with Gasteiger partial charge in [-0.2, -0.15) is 25.2 Å². The second kappa shape index (κ2) is 9.80. The number of aryl methyl sites for hydroxylation is 1. The summed E-state index contributed by atoms with van der Waals surface area (Å²) in [7, 11) is 0. The number of aromatic nitrogens is 5. The Hall–Kier alpha value is -3.41. The molecule has 3 saturated heterocycles. The smallest absolute Gasteiger partial charge is 0.321 e. The first-order valence-electron chi connectivity index (χ1n) is 15.1.